The van der Waals surface area contributed by atoms with Gasteiger partial charge in [-0.3, -0.25) is 19.8 Å². The van der Waals surface area contributed by atoms with Crippen molar-refractivity contribution < 1.29 is 32.6 Å². The number of ketones is 1. The Morgan fingerprint density at radius 1 is 1.15 bits per heavy atom. The number of amides is 3. The van der Waals surface area contributed by atoms with E-state index in [0.29, 0.717) is 58.5 Å². The Kier molecular flexibility index (Phi) is 10.6. The summed E-state index contributed by atoms with van der Waals surface area (Å²) in [5, 5.41) is 10.4. The van der Waals surface area contributed by atoms with Crippen LogP contribution in [0.25, 0.3) is 0 Å². The Morgan fingerprint density at radius 3 is 2.64 bits per heavy atom. The largest absolute Gasteiger partial charge is 0.375 e. The van der Waals surface area contributed by atoms with Crippen molar-refractivity contribution in [2.45, 2.75) is 121 Å². The maximum absolute atomic E-state index is 16.7. The van der Waals surface area contributed by atoms with Crippen molar-refractivity contribution in [2.75, 3.05) is 39.4 Å². The first kappa shape index (κ1) is 34.7. The van der Waals surface area contributed by atoms with Gasteiger partial charge in [0.05, 0.1) is 31.1 Å². The third-order valence-corrected chi connectivity index (χ3v) is 11.8. The molecule has 0 radical (unpaired) electrons. The van der Waals surface area contributed by atoms with Crippen LogP contribution in [0, 0.1) is 23.7 Å². The fourth-order valence-corrected chi connectivity index (χ4v) is 9.60. The Hall–Kier alpha value is -2.19. The van der Waals surface area contributed by atoms with Crippen LogP contribution in [0.3, 0.4) is 0 Å². The molecule has 3 amide bonds. The van der Waals surface area contributed by atoms with Gasteiger partial charge in [-0.05, 0) is 64.5 Å². The number of carbonyl (C=O) groups is 3. The Bertz CT molecular complexity index is 1180. The van der Waals surface area contributed by atoms with Gasteiger partial charge in [0.15, 0.2) is 5.78 Å². The van der Waals surface area contributed by atoms with E-state index in [9.17, 15) is 14.4 Å². The van der Waals surface area contributed by atoms with Crippen molar-refractivity contribution >= 4 is 17.7 Å². The van der Waals surface area contributed by atoms with Crippen molar-refractivity contribution in [3.05, 3.63) is 12.7 Å². The molecule has 6 fully saturated rings. The highest BCUT2D eigenvalue weighted by atomic mass is 19.1. The maximum Gasteiger partial charge on any atom is 0.320 e. The van der Waals surface area contributed by atoms with E-state index in [2.05, 4.69) is 41.3 Å². The summed E-state index contributed by atoms with van der Waals surface area (Å²) >= 11 is 0. The van der Waals surface area contributed by atoms with Crippen LogP contribution in [0.1, 0.15) is 59.8 Å². The van der Waals surface area contributed by atoms with Crippen LogP contribution in [0.4, 0.5) is 13.6 Å². The van der Waals surface area contributed by atoms with Crippen LogP contribution in [0.15, 0.2) is 12.7 Å². The van der Waals surface area contributed by atoms with Gasteiger partial charge in [0.1, 0.15) is 18.4 Å². The highest BCUT2D eigenvalue weighted by Crippen LogP contribution is 2.43. The molecule has 6 aliphatic rings. The normalized spacial score (nSPS) is 43.3. The van der Waals surface area contributed by atoms with Crippen molar-refractivity contribution in [3.63, 3.8) is 0 Å². The van der Waals surface area contributed by atoms with Crippen LogP contribution in [-0.4, -0.2) is 133 Å². The zero-order valence-electron chi connectivity index (χ0n) is 28.3. The molecule has 264 valence electrons. The first-order chi connectivity index (χ1) is 22.5. The number of piperazine rings is 1. The van der Waals surface area contributed by atoms with E-state index < -0.39 is 66.7 Å². The van der Waals surface area contributed by atoms with Crippen LogP contribution < -0.4 is 16.0 Å². The fourth-order valence-electron chi connectivity index (χ4n) is 9.60. The number of ether oxygens (including phenoxy) is 2. The average molecular weight is 665 g/mol. The van der Waals surface area contributed by atoms with E-state index in [1.165, 1.54) is 6.08 Å². The lowest BCUT2D eigenvalue weighted by molar-refractivity contribution is -0.158. The minimum atomic E-state index is -1.38. The molecule has 1 aliphatic carbocycles. The number of urea groups is 1. The number of alkyl halides is 2. The van der Waals surface area contributed by atoms with Crippen molar-refractivity contribution in [2.24, 2.45) is 23.7 Å². The molecule has 3 N–H and O–H groups in total. The lowest BCUT2D eigenvalue weighted by atomic mass is 9.72. The molecule has 6 rings (SSSR count). The van der Waals surface area contributed by atoms with Gasteiger partial charge >= 0.3 is 6.03 Å². The van der Waals surface area contributed by atoms with Gasteiger partial charge in [-0.15, -0.1) is 0 Å². The zero-order valence-corrected chi connectivity index (χ0v) is 28.3. The molecular weight excluding hydrogens is 610 g/mol. The number of nitrogens with zero attached hydrogens (tertiary/aromatic N) is 3. The number of nitrogens with one attached hydrogen (secondary N) is 3. The van der Waals surface area contributed by atoms with Crippen molar-refractivity contribution in [1.29, 1.82) is 0 Å². The molecular formula is C34H54F2N6O5. The summed E-state index contributed by atoms with van der Waals surface area (Å²) in [5.74, 6) is -1.87. The maximum atomic E-state index is 16.7. The molecule has 0 aromatic rings. The quantitative estimate of drug-likeness (QED) is 0.384. The van der Waals surface area contributed by atoms with Gasteiger partial charge in [0.25, 0.3) is 0 Å². The molecule has 5 heterocycles. The second-order valence-electron chi connectivity index (χ2n) is 14.8. The first-order valence-corrected chi connectivity index (χ1v) is 17.9. The van der Waals surface area contributed by atoms with E-state index in [-0.39, 0.29) is 48.8 Å². The Balaban J connectivity index is 1.42. The standard InChI is InChI=1S/C34H54F2N6O5/c1-6-26(43)40-13-14-41(19(5)16-40)32-21-15-23(36)29-27-22(35)9-8-10-24(27)47-17-25(46-7-2)31(44)20-11-12-37-28(18(3)4)30(20)42(33(21)38-29)34(45)39-32/h6,18-25,27-30,32-33,37-38H,1,7-17H2,2-5H3,(H,39,45)/t19-,20?,21?,22?,23?,24?,25?,27?,28?,29?,30?,32?,33?/m0/s1. The lowest BCUT2D eigenvalue weighted by Crippen LogP contribution is -2.80. The summed E-state index contributed by atoms with van der Waals surface area (Å²) in [6.45, 7) is 13.9. The summed E-state index contributed by atoms with van der Waals surface area (Å²) in [6, 6.07) is -2.05. The number of piperidine rings is 2. The molecule has 13 atom stereocenters. The average Bonchev–Trinajstić information content (AvgIpc) is 3.05. The molecule has 2 bridgehead atoms. The molecule has 13 heteroatoms. The van der Waals surface area contributed by atoms with E-state index in [1.54, 1.807) is 9.80 Å². The predicted octanol–water partition coefficient (Wildman–Crippen LogP) is 2.21. The van der Waals surface area contributed by atoms with Gasteiger partial charge in [0, 0.05) is 62.1 Å². The predicted molar refractivity (Wildman–Crippen MR) is 172 cm³/mol. The molecule has 0 aromatic carbocycles. The molecule has 0 aromatic heterocycles. The highest BCUT2D eigenvalue weighted by molar-refractivity contribution is 5.88. The minimum Gasteiger partial charge on any atom is -0.375 e. The third kappa shape index (κ3) is 6.47. The van der Waals surface area contributed by atoms with Gasteiger partial charge in [0.2, 0.25) is 5.91 Å². The van der Waals surface area contributed by atoms with Gasteiger partial charge in [-0.2, -0.15) is 0 Å². The van der Waals surface area contributed by atoms with E-state index in [1.807, 2.05) is 13.8 Å². The van der Waals surface area contributed by atoms with Crippen LogP contribution in [0.5, 0.6) is 0 Å². The molecule has 47 heavy (non-hydrogen) atoms. The molecule has 5 saturated heterocycles. The number of Topliss-reactive ketones (excluding diaryl/α,β-unsaturated/α-hetero) is 1. The zero-order chi connectivity index (χ0) is 33.6. The first-order valence-electron chi connectivity index (χ1n) is 17.9. The number of hydrogen-bond acceptors (Lipinski definition) is 8. The van der Waals surface area contributed by atoms with Crippen molar-refractivity contribution in [3.8, 4) is 0 Å². The second-order valence-corrected chi connectivity index (χ2v) is 14.8. The fraction of sp³-hybridized carbons (Fsp3) is 0.853. The van der Waals surface area contributed by atoms with Gasteiger partial charge < -0.3 is 29.9 Å². The van der Waals surface area contributed by atoms with E-state index in [4.69, 9.17) is 9.47 Å². The van der Waals surface area contributed by atoms with Crippen LogP contribution in [0.2, 0.25) is 0 Å². The summed E-state index contributed by atoms with van der Waals surface area (Å²) in [5.41, 5.74) is 0. The van der Waals surface area contributed by atoms with Crippen LogP contribution in [-0.2, 0) is 19.1 Å². The lowest BCUT2D eigenvalue weighted by Gasteiger charge is -2.60. The summed E-state index contributed by atoms with van der Waals surface area (Å²) in [6.07, 6.45) is -1.81. The van der Waals surface area contributed by atoms with E-state index >= 15 is 8.78 Å². The smallest absolute Gasteiger partial charge is 0.320 e. The highest BCUT2D eigenvalue weighted by Gasteiger charge is 2.58. The number of fused-ring (bicyclic) bond motifs is 5. The second kappa shape index (κ2) is 14.3. The number of rotatable bonds is 5. The number of hydrogen-bond donors (Lipinski definition) is 3. The topological polar surface area (TPSA) is 115 Å². The summed E-state index contributed by atoms with van der Waals surface area (Å²) < 4.78 is 45.0. The van der Waals surface area contributed by atoms with Crippen molar-refractivity contribution in [1.82, 2.24) is 30.7 Å². The monoisotopic (exact) mass is 664 g/mol. The minimum absolute atomic E-state index is 0.0221. The van der Waals surface area contributed by atoms with Gasteiger partial charge in [-0.1, -0.05) is 20.4 Å². The molecule has 5 aliphatic heterocycles. The molecule has 12 unspecified atom stereocenters. The molecule has 0 spiro atoms. The van der Waals surface area contributed by atoms with Crippen LogP contribution >= 0.6 is 0 Å². The summed E-state index contributed by atoms with van der Waals surface area (Å²) in [7, 11) is 0. The molecule has 11 nitrogen and oxygen atoms in total. The Morgan fingerprint density at radius 2 is 1.94 bits per heavy atom. The van der Waals surface area contributed by atoms with E-state index in [0.717, 1.165) is 0 Å². The number of carbonyl (C=O) groups excluding carboxylic acids is 3. The summed E-state index contributed by atoms with van der Waals surface area (Å²) in [4.78, 5) is 47.1. The van der Waals surface area contributed by atoms with Gasteiger partial charge in [-0.25, -0.2) is 13.6 Å². The number of halogens is 2. The Labute approximate surface area is 277 Å². The SMILES string of the molecule is C=CC(=O)N1CCN(C2NC(=O)N3C4NC(C(F)CC42)C2C(F)CCCC2OCC(OCC)C(=O)C2CCNC(C(C)C)C23)[C@@H](C)C1. The third-order valence-electron chi connectivity index (χ3n) is 11.8. The molecule has 1 saturated carbocycles.